The average molecular weight is 363 g/mol. The van der Waals surface area contributed by atoms with Gasteiger partial charge in [0.1, 0.15) is 0 Å². The van der Waals surface area contributed by atoms with Gasteiger partial charge in [-0.05, 0) is 62.3 Å². The van der Waals surface area contributed by atoms with Gasteiger partial charge < -0.3 is 20.5 Å². The van der Waals surface area contributed by atoms with Crippen LogP contribution < -0.4 is 20.5 Å². The lowest BCUT2D eigenvalue weighted by molar-refractivity contribution is -0.123. The molecule has 5 nitrogen and oxygen atoms in total. The standard InChI is InChI=1S/C21H34N2O3/c1-3-26-19-14-17(9-10-18(19)25-2)8-7-13-23-20(24)15-21(16-22)11-5-4-6-12-21/h9-10,14H,3-8,11-13,15-16,22H2,1-2H3,(H,23,24). The number of nitrogens with two attached hydrogens (primary N) is 1. The van der Waals surface area contributed by atoms with Crippen molar-refractivity contribution in [1.29, 1.82) is 0 Å². The van der Waals surface area contributed by atoms with Gasteiger partial charge >= 0.3 is 0 Å². The molecule has 1 aromatic rings. The Labute approximate surface area is 157 Å². The summed E-state index contributed by atoms with van der Waals surface area (Å²) < 4.78 is 10.9. The highest BCUT2D eigenvalue weighted by Crippen LogP contribution is 2.38. The molecular weight excluding hydrogens is 328 g/mol. The number of hydrogen-bond donors (Lipinski definition) is 2. The first-order valence-electron chi connectivity index (χ1n) is 9.89. The number of methoxy groups -OCH3 is 1. The zero-order valence-corrected chi connectivity index (χ0v) is 16.3. The number of aryl methyl sites for hydroxylation is 1. The van der Waals surface area contributed by atoms with Crippen LogP contribution in [0.2, 0.25) is 0 Å². The van der Waals surface area contributed by atoms with Crippen molar-refractivity contribution in [3.63, 3.8) is 0 Å². The molecule has 1 aliphatic carbocycles. The van der Waals surface area contributed by atoms with Crippen molar-refractivity contribution >= 4 is 5.91 Å². The van der Waals surface area contributed by atoms with Crippen LogP contribution >= 0.6 is 0 Å². The Hall–Kier alpha value is -1.75. The summed E-state index contributed by atoms with van der Waals surface area (Å²) in [5.41, 5.74) is 7.20. The van der Waals surface area contributed by atoms with Crippen LogP contribution in [0.5, 0.6) is 11.5 Å². The third-order valence-electron chi connectivity index (χ3n) is 5.38. The third kappa shape index (κ3) is 5.90. The van der Waals surface area contributed by atoms with Crippen molar-refractivity contribution in [2.45, 2.75) is 58.3 Å². The van der Waals surface area contributed by atoms with Gasteiger partial charge in [-0.25, -0.2) is 0 Å². The molecular formula is C21H34N2O3. The maximum Gasteiger partial charge on any atom is 0.220 e. The van der Waals surface area contributed by atoms with Gasteiger partial charge in [-0.2, -0.15) is 0 Å². The van der Waals surface area contributed by atoms with Gasteiger partial charge in [-0.3, -0.25) is 4.79 Å². The van der Waals surface area contributed by atoms with Crippen LogP contribution in [0.15, 0.2) is 18.2 Å². The smallest absolute Gasteiger partial charge is 0.220 e. The summed E-state index contributed by atoms with van der Waals surface area (Å²) in [6.07, 6.45) is 8.21. The summed E-state index contributed by atoms with van der Waals surface area (Å²) in [6, 6.07) is 6.01. The van der Waals surface area contributed by atoms with Gasteiger partial charge in [0, 0.05) is 13.0 Å². The summed E-state index contributed by atoms with van der Waals surface area (Å²) in [5.74, 6) is 1.67. The Morgan fingerprint density at radius 2 is 2.00 bits per heavy atom. The Balaban J connectivity index is 1.76. The van der Waals surface area contributed by atoms with Crippen LogP contribution in [0, 0.1) is 5.41 Å². The van der Waals surface area contributed by atoms with Crippen molar-refractivity contribution in [2.75, 3.05) is 26.8 Å². The van der Waals surface area contributed by atoms with Crippen molar-refractivity contribution in [3.05, 3.63) is 23.8 Å². The number of rotatable bonds is 10. The van der Waals surface area contributed by atoms with Gasteiger partial charge in [0.2, 0.25) is 5.91 Å². The molecule has 0 radical (unpaired) electrons. The topological polar surface area (TPSA) is 73.6 Å². The monoisotopic (exact) mass is 362 g/mol. The van der Waals surface area contributed by atoms with E-state index in [1.165, 1.54) is 24.8 Å². The largest absolute Gasteiger partial charge is 0.493 e. The number of carbonyl (C=O) groups excluding carboxylic acids is 1. The summed E-state index contributed by atoms with van der Waals surface area (Å²) in [7, 11) is 1.65. The first kappa shape index (κ1) is 20.6. The normalized spacial score (nSPS) is 16.1. The van der Waals surface area contributed by atoms with Gasteiger partial charge in [0.05, 0.1) is 13.7 Å². The van der Waals surface area contributed by atoms with E-state index in [9.17, 15) is 4.79 Å². The molecule has 0 heterocycles. The molecule has 1 aliphatic rings. The molecule has 0 saturated heterocycles. The number of carbonyl (C=O) groups is 1. The van der Waals surface area contributed by atoms with E-state index >= 15 is 0 Å². The quantitative estimate of drug-likeness (QED) is 0.625. The number of benzene rings is 1. The highest BCUT2D eigenvalue weighted by Gasteiger charge is 2.32. The van der Waals surface area contributed by atoms with Gasteiger partial charge in [-0.15, -0.1) is 0 Å². The van der Waals surface area contributed by atoms with E-state index in [1.54, 1.807) is 7.11 Å². The number of amides is 1. The highest BCUT2D eigenvalue weighted by atomic mass is 16.5. The van der Waals surface area contributed by atoms with Crippen LogP contribution in [0.1, 0.15) is 57.4 Å². The second-order valence-corrected chi connectivity index (χ2v) is 7.31. The van der Waals surface area contributed by atoms with Gasteiger partial charge in [0.25, 0.3) is 0 Å². The van der Waals surface area contributed by atoms with Crippen LogP contribution in [-0.4, -0.2) is 32.7 Å². The zero-order valence-electron chi connectivity index (χ0n) is 16.3. The minimum Gasteiger partial charge on any atom is -0.493 e. The molecule has 1 fully saturated rings. The minimum atomic E-state index is 0.0325. The Bertz CT molecular complexity index is 568. The molecule has 3 N–H and O–H groups in total. The summed E-state index contributed by atoms with van der Waals surface area (Å²) >= 11 is 0. The van der Waals surface area contributed by atoms with E-state index in [-0.39, 0.29) is 11.3 Å². The Morgan fingerprint density at radius 1 is 1.23 bits per heavy atom. The predicted octanol–water partition coefficient (Wildman–Crippen LogP) is 3.44. The highest BCUT2D eigenvalue weighted by molar-refractivity contribution is 5.76. The van der Waals surface area contributed by atoms with Crippen LogP contribution in [0.4, 0.5) is 0 Å². The molecule has 5 heteroatoms. The average Bonchev–Trinajstić information content (AvgIpc) is 2.66. The Morgan fingerprint density at radius 3 is 2.65 bits per heavy atom. The van der Waals surface area contributed by atoms with E-state index in [1.807, 2.05) is 19.1 Å². The van der Waals surface area contributed by atoms with Crippen molar-refractivity contribution in [3.8, 4) is 11.5 Å². The van der Waals surface area contributed by atoms with Gasteiger partial charge in [0.15, 0.2) is 11.5 Å². The fourth-order valence-corrected chi connectivity index (χ4v) is 3.82. The molecule has 0 spiro atoms. The third-order valence-corrected chi connectivity index (χ3v) is 5.38. The molecule has 0 atom stereocenters. The van der Waals surface area contributed by atoms with Crippen molar-refractivity contribution in [1.82, 2.24) is 5.32 Å². The molecule has 1 amide bonds. The van der Waals surface area contributed by atoms with E-state index in [2.05, 4.69) is 11.4 Å². The second-order valence-electron chi connectivity index (χ2n) is 7.31. The molecule has 146 valence electrons. The Kier molecular flexibility index (Phi) is 8.23. The lowest BCUT2D eigenvalue weighted by Gasteiger charge is -2.35. The molecule has 26 heavy (non-hydrogen) atoms. The molecule has 0 aromatic heterocycles. The number of nitrogens with one attached hydrogen (secondary N) is 1. The first-order chi connectivity index (χ1) is 12.6. The first-order valence-corrected chi connectivity index (χ1v) is 9.89. The molecule has 2 rings (SSSR count). The zero-order chi connectivity index (χ0) is 18.8. The molecule has 0 aliphatic heterocycles. The lowest BCUT2D eigenvalue weighted by Crippen LogP contribution is -2.38. The maximum absolute atomic E-state index is 12.3. The van der Waals surface area contributed by atoms with Gasteiger partial charge in [-0.1, -0.05) is 25.3 Å². The predicted molar refractivity (Wildman–Crippen MR) is 105 cm³/mol. The number of ether oxygens (including phenoxy) is 2. The van der Waals surface area contributed by atoms with Crippen molar-refractivity contribution in [2.24, 2.45) is 11.1 Å². The fraction of sp³-hybridized carbons (Fsp3) is 0.667. The molecule has 0 bridgehead atoms. The summed E-state index contributed by atoms with van der Waals surface area (Å²) in [4.78, 5) is 12.3. The van der Waals surface area contributed by atoms with Crippen LogP contribution in [0.25, 0.3) is 0 Å². The molecule has 1 saturated carbocycles. The van der Waals surface area contributed by atoms with E-state index in [0.29, 0.717) is 26.1 Å². The number of hydrogen-bond acceptors (Lipinski definition) is 4. The summed E-state index contributed by atoms with van der Waals surface area (Å²) in [6.45, 7) is 3.88. The second kappa shape index (κ2) is 10.4. The minimum absolute atomic E-state index is 0.0325. The van der Waals surface area contributed by atoms with Crippen LogP contribution in [0.3, 0.4) is 0 Å². The van der Waals surface area contributed by atoms with E-state index in [4.69, 9.17) is 15.2 Å². The SMILES string of the molecule is CCOc1cc(CCCNC(=O)CC2(CN)CCCCC2)ccc1OC. The lowest BCUT2D eigenvalue weighted by atomic mass is 9.71. The van der Waals surface area contributed by atoms with E-state index < -0.39 is 0 Å². The molecule has 0 unspecified atom stereocenters. The molecule has 1 aromatic carbocycles. The maximum atomic E-state index is 12.3. The van der Waals surface area contributed by atoms with E-state index in [0.717, 1.165) is 37.2 Å². The van der Waals surface area contributed by atoms with Crippen LogP contribution in [-0.2, 0) is 11.2 Å². The van der Waals surface area contributed by atoms with Crippen molar-refractivity contribution < 1.29 is 14.3 Å². The fourth-order valence-electron chi connectivity index (χ4n) is 3.82. The summed E-state index contributed by atoms with van der Waals surface area (Å²) in [5, 5.41) is 3.07.